The van der Waals surface area contributed by atoms with E-state index in [1.54, 1.807) is 0 Å². The highest BCUT2D eigenvalue weighted by atomic mass is 35.5. The number of aromatic nitrogens is 5. The smallest absolute Gasteiger partial charge is 0.294 e. The van der Waals surface area contributed by atoms with Gasteiger partial charge in [-0.1, -0.05) is 48.0 Å². The molecule has 3 heterocycles. The molecule has 0 saturated carbocycles. The van der Waals surface area contributed by atoms with E-state index in [4.69, 9.17) is 32.2 Å². The molecular formula is C27H26ClN7O4. The number of nitrogen functional groups attached to an aromatic ring is 1. The fourth-order valence-corrected chi connectivity index (χ4v) is 4.99. The lowest BCUT2D eigenvalue weighted by Crippen LogP contribution is -2.45. The predicted molar refractivity (Wildman–Crippen MR) is 146 cm³/mol. The Balaban J connectivity index is 1.20. The quantitative estimate of drug-likeness (QED) is 0.190. The van der Waals surface area contributed by atoms with Crippen LogP contribution in [-0.2, 0) is 4.74 Å². The fourth-order valence-electron chi connectivity index (χ4n) is 4.72. The van der Waals surface area contributed by atoms with Crippen LogP contribution in [0.1, 0.15) is 6.42 Å². The molecule has 11 nitrogen and oxygen atoms in total. The topological polar surface area (TPSA) is 171 Å². The van der Waals surface area contributed by atoms with Crippen molar-refractivity contribution in [3.63, 3.8) is 0 Å². The molecule has 1 fully saturated rings. The van der Waals surface area contributed by atoms with Gasteiger partial charge in [-0.05, 0) is 41.0 Å². The first kappa shape index (κ1) is 25.1. The zero-order valence-corrected chi connectivity index (χ0v) is 21.4. The summed E-state index contributed by atoms with van der Waals surface area (Å²) < 4.78 is 12.9. The molecule has 1 saturated heterocycles. The van der Waals surface area contributed by atoms with E-state index in [-0.39, 0.29) is 30.9 Å². The summed E-state index contributed by atoms with van der Waals surface area (Å²) >= 11 is 6.64. The zero-order valence-electron chi connectivity index (χ0n) is 20.6. The Morgan fingerprint density at radius 2 is 1.77 bits per heavy atom. The summed E-state index contributed by atoms with van der Waals surface area (Å²) in [4.78, 5) is 11.5. The summed E-state index contributed by atoms with van der Waals surface area (Å²) in [5.41, 5.74) is 11.7. The van der Waals surface area contributed by atoms with Crippen molar-refractivity contribution in [3.05, 3.63) is 71.3 Å². The number of nitrogens with one attached hydrogen (secondary N) is 3. The van der Waals surface area contributed by atoms with Crippen LogP contribution in [0.2, 0.25) is 5.02 Å². The van der Waals surface area contributed by atoms with E-state index >= 15 is 0 Å². The van der Waals surface area contributed by atoms with Gasteiger partial charge in [-0.3, -0.25) is 10.5 Å². The minimum absolute atomic E-state index is 0.0343. The summed E-state index contributed by atoms with van der Waals surface area (Å²) in [7, 11) is 0. The Bertz CT molecular complexity index is 1680. The zero-order chi connectivity index (χ0) is 27.1. The number of imidazole rings is 1. The summed E-state index contributed by atoms with van der Waals surface area (Å²) in [6.07, 6.45) is -1.44. The molecular weight excluding hydrogens is 522 g/mol. The van der Waals surface area contributed by atoms with Gasteiger partial charge in [0.2, 0.25) is 11.6 Å². The number of halogens is 1. The van der Waals surface area contributed by atoms with Crippen molar-refractivity contribution in [2.45, 2.75) is 24.7 Å². The maximum absolute atomic E-state index is 10.1. The van der Waals surface area contributed by atoms with E-state index in [2.05, 4.69) is 20.1 Å². The Morgan fingerprint density at radius 3 is 2.41 bits per heavy atom. The van der Waals surface area contributed by atoms with Gasteiger partial charge in [-0.25, -0.2) is 4.68 Å². The van der Waals surface area contributed by atoms with Crippen LogP contribution in [0.25, 0.3) is 39.0 Å². The first-order valence-electron chi connectivity index (χ1n) is 12.3. The van der Waals surface area contributed by atoms with Crippen molar-refractivity contribution < 1.29 is 19.7 Å². The number of aliphatic hydroxyl groups is 2. The molecule has 1 aliphatic heterocycles. The molecule has 3 aromatic carbocycles. The van der Waals surface area contributed by atoms with E-state index in [1.165, 1.54) is 4.68 Å². The molecule has 6 rings (SSSR count). The Hall–Kier alpha value is -4.16. The third-order valence-corrected chi connectivity index (χ3v) is 7.07. The number of rotatable bonds is 6. The van der Waals surface area contributed by atoms with Crippen molar-refractivity contribution in [2.75, 3.05) is 18.9 Å². The molecule has 1 aliphatic rings. The third-order valence-electron chi connectivity index (χ3n) is 6.76. The van der Waals surface area contributed by atoms with Gasteiger partial charge in [0.15, 0.2) is 0 Å². The van der Waals surface area contributed by atoms with Crippen LogP contribution in [0.15, 0.2) is 60.7 Å². The lowest BCUT2D eigenvalue weighted by Gasteiger charge is -2.31. The van der Waals surface area contributed by atoms with E-state index in [0.29, 0.717) is 23.0 Å². The average molecular weight is 548 g/mol. The van der Waals surface area contributed by atoms with Crippen LogP contribution in [0.4, 0.5) is 5.95 Å². The maximum Gasteiger partial charge on any atom is 0.294 e. The number of aromatic amines is 2. The van der Waals surface area contributed by atoms with Crippen molar-refractivity contribution in [2.24, 2.45) is 0 Å². The van der Waals surface area contributed by atoms with Crippen molar-refractivity contribution in [1.82, 2.24) is 24.7 Å². The van der Waals surface area contributed by atoms with E-state index in [9.17, 15) is 10.2 Å². The molecule has 0 unspecified atom stereocenters. The van der Waals surface area contributed by atoms with Crippen LogP contribution in [0.3, 0.4) is 0 Å². The van der Waals surface area contributed by atoms with Gasteiger partial charge in [-0.2, -0.15) is 9.97 Å². The lowest BCUT2D eigenvalue weighted by molar-refractivity contribution is -0.131. The largest absolute Gasteiger partial charge is 0.459 e. The van der Waals surface area contributed by atoms with Crippen LogP contribution >= 0.6 is 11.6 Å². The van der Waals surface area contributed by atoms with E-state index in [0.717, 1.165) is 33.5 Å². The highest BCUT2D eigenvalue weighted by Gasteiger charge is 2.31. The van der Waals surface area contributed by atoms with Crippen LogP contribution < -0.4 is 16.1 Å². The van der Waals surface area contributed by atoms with Crippen LogP contribution in [0, 0.1) is 5.41 Å². The maximum atomic E-state index is 10.1. The molecule has 12 heteroatoms. The number of nitrogens with two attached hydrogens (primary N) is 1. The van der Waals surface area contributed by atoms with Gasteiger partial charge >= 0.3 is 0 Å². The molecule has 2 aromatic heterocycles. The minimum atomic E-state index is -0.800. The normalized spacial score (nSPS) is 19.4. The molecule has 7 N–H and O–H groups in total. The van der Waals surface area contributed by atoms with Gasteiger partial charge in [0.25, 0.3) is 6.01 Å². The van der Waals surface area contributed by atoms with Crippen LogP contribution in [-0.4, -0.2) is 66.5 Å². The molecule has 0 amide bonds. The molecule has 200 valence electrons. The number of fused-ring (bicyclic) bond motifs is 1. The SMILES string of the molecule is N=c1nc(N)[nH]n1-c1ccc(-c2ccc(-c3cc4nc(O[C@H]5CO[C@H](CO)[C@@H](O)C5)[nH]c4cc3Cl)cc2)cc1. The predicted octanol–water partition coefficient (Wildman–Crippen LogP) is 3.02. The summed E-state index contributed by atoms with van der Waals surface area (Å²) in [5.74, 6) is 0.186. The number of hydrogen-bond donors (Lipinski definition) is 6. The summed E-state index contributed by atoms with van der Waals surface area (Å²) in [5, 5.41) is 30.6. The number of hydrogen-bond acceptors (Lipinski definition) is 8. The first-order chi connectivity index (χ1) is 18.9. The molecule has 0 aliphatic carbocycles. The number of nitrogens with zero attached hydrogens (tertiary/aromatic N) is 3. The fraction of sp³-hybridized carbons (Fsp3) is 0.222. The van der Waals surface area contributed by atoms with Crippen molar-refractivity contribution >= 4 is 28.6 Å². The minimum Gasteiger partial charge on any atom is -0.459 e. The number of anilines is 1. The second-order valence-electron chi connectivity index (χ2n) is 9.38. The number of ether oxygens (including phenoxy) is 2. The third kappa shape index (κ3) is 5.00. The molecule has 5 aromatic rings. The van der Waals surface area contributed by atoms with Crippen molar-refractivity contribution in [1.29, 1.82) is 5.41 Å². The molecule has 0 spiro atoms. The monoisotopic (exact) mass is 547 g/mol. The van der Waals surface area contributed by atoms with Gasteiger partial charge in [0.1, 0.15) is 12.2 Å². The van der Waals surface area contributed by atoms with Gasteiger partial charge < -0.3 is 30.4 Å². The van der Waals surface area contributed by atoms with E-state index < -0.39 is 12.2 Å². The van der Waals surface area contributed by atoms with Gasteiger partial charge in [-0.15, -0.1) is 0 Å². The number of benzene rings is 3. The number of aliphatic hydroxyl groups excluding tert-OH is 2. The molecule has 3 atom stereocenters. The van der Waals surface area contributed by atoms with Crippen LogP contribution in [0.5, 0.6) is 6.01 Å². The van der Waals surface area contributed by atoms with Gasteiger partial charge in [0.05, 0.1) is 41.1 Å². The Kier molecular flexibility index (Phi) is 6.57. The Labute approximate surface area is 227 Å². The Morgan fingerprint density at radius 1 is 1.08 bits per heavy atom. The molecule has 39 heavy (non-hydrogen) atoms. The highest BCUT2D eigenvalue weighted by molar-refractivity contribution is 6.34. The average Bonchev–Trinajstić information content (AvgIpc) is 3.49. The summed E-state index contributed by atoms with van der Waals surface area (Å²) in [6.45, 7) is 0.0178. The first-order valence-corrected chi connectivity index (χ1v) is 12.7. The van der Waals surface area contributed by atoms with Gasteiger partial charge in [0, 0.05) is 12.0 Å². The highest BCUT2D eigenvalue weighted by Crippen LogP contribution is 2.34. The molecule has 0 radical (unpaired) electrons. The second-order valence-corrected chi connectivity index (χ2v) is 9.79. The van der Waals surface area contributed by atoms with E-state index in [1.807, 2.05) is 60.7 Å². The standard InChI is InChI=1S/C27H26ClN7O4/c28-20-11-22-21(31-27(32-22)39-18-9-23(37)24(12-36)38-13-18)10-19(20)16-3-1-14(2-4-16)15-5-7-17(8-6-15)35-26(30)33-25(29)34-35/h1-8,10-11,18,23-24,36-37H,9,12-13H2,(H,31,32)(H4,29,30,33,34)/t18-,23+,24-/m1/s1. The molecule has 0 bridgehead atoms. The van der Waals surface area contributed by atoms with Crippen molar-refractivity contribution in [3.8, 4) is 34.0 Å². The number of H-pyrrole nitrogens is 2. The lowest BCUT2D eigenvalue weighted by atomic mass is 10.00. The summed E-state index contributed by atoms with van der Waals surface area (Å²) in [6, 6.07) is 19.8. The second kappa shape index (κ2) is 10.2.